The maximum absolute atomic E-state index is 9.25. The van der Waals surface area contributed by atoms with E-state index in [1.165, 1.54) is 6.42 Å². The van der Waals surface area contributed by atoms with Gasteiger partial charge in [-0.3, -0.25) is 0 Å². The predicted octanol–water partition coefficient (Wildman–Crippen LogP) is 1.93. The first-order valence-corrected chi connectivity index (χ1v) is 6.00. The third-order valence-electron chi connectivity index (χ3n) is 1.21. The van der Waals surface area contributed by atoms with Crippen molar-refractivity contribution < 1.29 is 30.0 Å². The molecule has 0 aliphatic rings. The van der Waals surface area contributed by atoms with E-state index >= 15 is 0 Å². The van der Waals surface area contributed by atoms with E-state index in [2.05, 4.69) is 27.0 Å². The average Bonchev–Trinajstić information content (AvgIpc) is 2.41. The molecular formula is C14H28O6. The molecule has 0 bridgehead atoms. The first-order valence-electron chi connectivity index (χ1n) is 6.00. The summed E-state index contributed by atoms with van der Waals surface area (Å²) in [6, 6.07) is 0. The van der Waals surface area contributed by atoms with Gasteiger partial charge in [0.15, 0.2) is 0 Å². The van der Waals surface area contributed by atoms with Gasteiger partial charge in [0.1, 0.15) is 0 Å². The van der Waals surface area contributed by atoms with Crippen molar-refractivity contribution in [3.63, 3.8) is 0 Å². The minimum Gasteiger partial charge on any atom is -0.478 e. The third-order valence-corrected chi connectivity index (χ3v) is 1.21. The summed E-state index contributed by atoms with van der Waals surface area (Å²) in [6.45, 7) is 13.9. The van der Waals surface area contributed by atoms with Crippen LogP contribution < -0.4 is 0 Å². The van der Waals surface area contributed by atoms with Crippen LogP contribution in [0.4, 0.5) is 0 Å². The van der Waals surface area contributed by atoms with Crippen LogP contribution in [0.1, 0.15) is 34.1 Å². The minimum absolute atomic E-state index is 0.0451. The maximum Gasteiger partial charge on any atom is 0.327 e. The molecule has 0 aliphatic heterocycles. The molecule has 4 N–H and O–H groups in total. The summed E-state index contributed by atoms with van der Waals surface area (Å²) in [5.74, 6) is -1.96. The van der Waals surface area contributed by atoms with E-state index in [-0.39, 0.29) is 18.6 Å². The van der Waals surface area contributed by atoms with E-state index in [1.807, 2.05) is 0 Å². The van der Waals surface area contributed by atoms with Gasteiger partial charge in [-0.1, -0.05) is 47.3 Å². The molecule has 20 heavy (non-hydrogen) atoms. The van der Waals surface area contributed by atoms with Crippen LogP contribution in [0.2, 0.25) is 0 Å². The fourth-order valence-electron chi connectivity index (χ4n) is 0.0500. The fourth-order valence-corrected chi connectivity index (χ4v) is 0.0500. The smallest absolute Gasteiger partial charge is 0.327 e. The van der Waals surface area contributed by atoms with Crippen molar-refractivity contribution in [2.45, 2.75) is 34.1 Å². The number of rotatable bonds is 4. The molecule has 0 rings (SSSR count). The predicted molar refractivity (Wildman–Crippen MR) is 79.6 cm³/mol. The van der Waals surface area contributed by atoms with Crippen molar-refractivity contribution in [2.75, 3.05) is 13.2 Å². The van der Waals surface area contributed by atoms with Gasteiger partial charge in [0.2, 0.25) is 0 Å². The van der Waals surface area contributed by atoms with Crippen molar-refractivity contribution in [1.82, 2.24) is 0 Å². The molecule has 0 aromatic carbocycles. The summed E-state index contributed by atoms with van der Waals surface area (Å²) in [6.07, 6.45) is 2.92. The van der Waals surface area contributed by atoms with E-state index < -0.39 is 11.9 Å². The van der Waals surface area contributed by atoms with Crippen LogP contribution in [0.25, 0.3) is 0 Å². The van der Waals surface area contributed by atoms with Crippen LogP contribution in [0.3, 0.4) is 0 Å². The number of carboxylic acids is 2. The first-order chi connectivity index (χ1) is 9.08. The second-order valence-electron chi connectivity index (χ2n) is 4.27. The van der Waals surface area contributed by atoms with Crippen LogP contribution in [0.5, 0.6) is 0 Å². The summed E-state index contributed by atoms with van der Waals surface area (Å²) in [5.41, 5.74) is -0.306. The molecule has 6 nitrogen and oxygen atoms in total. The molecule has 0 saturated heterocycles. The highest BCUT2D eigenvalue weighted by Crippen LogP contribution is 2.10. The molecule has 0 saturated carbocycles. The molecule has 0 radical (unpaired) electrons. The summed E-state index contributed by atoms with van der Waals surface area (Å²) >= 11 is 0. The lowest BCUT2D eigenvalue weighted by atomic mass is 9.97. The maximum atomic E-state index is 9.25. The molecule has 0 unspecified atom stereocenters. The zero-order chi connectivity index (χ0) is 17.2. The Morgan fingerprint density at radius 3 is 1.10 bits per heavy atom. The monoisotopic (exact) mass is 292 g/mol. The Balaban J connectivity index is -0.0000000890. The molecule has 0 aromatic rings. The first kappa shape index (κ1) is 26.8. The molecule has 0 aliphatic carbocycles. The van der Waals surface area contributed by atoms with Crippen LogP contribution in [-0.4, -0.2) is 45.6 Å². The second kappa shape index (κ2) is 19.7. The van der Waals surface area contributed by atoms with Gasteiger partial charge < -0.3 is 20.4 Å². The van der Waals surface area contributed by atoms with Crippen molar-refractivity contribution in [3.05, 3.63) is 25.3 Å². The lowest BCUT2D eigenvalue weighted by Crippen LogP contribution is -2.20. The van der Waals surface area contributed by atoms with Gasteiger partial charge in [-0.15, -0.1) is 0 Å². The van der Waals surface area contributed by atoms with Crippen LogP contribution >= 0.6 is 0 Å². The molecule has 0 atom stereocenters. The molecule has 120 valence electrons. The third kappa shape index (κ3) is 55.3. The van der Waals surface area contributed by atoms with Crippen molar-refractivity contribution in [1.29, 1.82) is 0 Å². The topological polar surface area (TPSA) is 115 Å². The normalized spacial score (nSPS) is 8.30. The highest BCUT2D eigenvalue weighted by molar-refractivity contribution is 5.79. The summed E-state index contributed by atoms with van der Waals surface area (Å²) < 4.78 is 0. The number of aliphatic carboxylic acids is 2. The highest BCUT2D eigenvalue weighted by Gasteiger charge is 2.13. The van der Waals surface area contributed by atoms with Gasteiger partial charge in [-0.2, -0.15) is 0 Å². The van der Waals surface area contributed by atoms with Gasteiger partial charge in [0.25, 0.3) is 0 Å². The number of hydrogen-bond acceptors (Lipinski definition) is 4. The Hall–Kier alpha value is -1.66. The Kier molecular flexibility index (Phi) is 26.4. The van der Waals surface area contributed by atoms with E-state index in [0.717, 1.165) is 12.2 Å². The van der Waals surface area contributed by atoms with Crippen LogP contribution in [0.15, 0.2) is 25.3 Å². The summed E-state index contributed by atoms with van der Waals surface area (Å²) in [7, 11) is 0. The largest absolute Gasteiger partial charge is 0.478 e. The number of aliphatic hydroxyl groups is 2. The van der Waals surface area contributed by atoms with E-state index in [0.29, 0.717) is 0 Å². The highest BCUT2D eigenvalue weighted by atomic mass is 16.4. The van der Waals surface area contributed by atoms with Gasteiger partial charge in [-0.25, -0.2) is 9.59 Å². The molecule has 0 aromatic heterocycles. The Labute approximate surface area is 121 Å². The van der Waals surface area contributed by atoms with Gasteiger partial charge >= 0.3 is 11.9 Å². The van der Waals surface area contributed by atoms with Gasteiger partial charge in [-0.05, 0) is 0 Å². The Morgan fingerprint density at radius 1 is 0.950 bits per heavy atom. The Morgan fingerprint density at radius 2 is 1.10 bits per heavy atom. The molecular weight excluding hydrogens is 264 g/mol. The van der Waals surface area contributed by atoms with Crippen molar-refractivity contribution in [3.8, 4) is 0 Å². The lowest BCUT2D eigenvalue weighted by molar-refractivity contribution is -0.132. The molecule has 0 heterocycles. The van der Waals surface area contributed by atoms with Crippen LogP contribution in [0, 0.1) is 5.41 Å². The average molecular weight is 292 g/mol. The summed E-state index contributed by atoms with van der Waals surface area (Å²) in [5, 5.41) is 32.1. The van der Waals surface area contributed by atoms with Gasteiger partial charge in [0, 0.05) is 17.6 Å². The fraction of sp³-hybridized carbons (Fsp3) is 0.571. The lowest BCUT2D eigenvalue weighted by Gasteiger charge is -2.16. The quantitative estimate of drug-likeness (QED) is 0.588. The molecule has 6 heteroatoms. The number of aliphatic hydroxyl groups excluding tert-OH is 2. The van der Waals surface area contributed by atoms with Crippen molar-refractivity contribution >= 4 is 11.9 Å². The van der Waals surface area contributed by atoms with Gasteiger partial charge in [0.05, 0.1) is 13.2 Å². The zero-order valence-corrected chi connectivity index (χ0v) is 12.8. The molecule has 0 spiro atoms. The Bertz CT molecular complexity index is 234. The van der Waals surface area contributed by atoms with E-state index in [9.17, 15) is 9.59 Å². The van der Waals surface area contributed by atoms with Crippen LogP contribution in [-0.2, 0) is 9.59 Å². The number of carboxylic acid groups (broad SMARTS) is 2. The number of carbonyl (C=O) groups is 2. The van der Waals surface area contributed by atoms with E-state index in [4.69, 9.17) is 20.4 Å². The SMILES string of the molecule is C=CC(=O)O.C=CC(=O)O.CC(C)(CO)CO.CCC. The zero-order valence-electron chi connectivity index (χ0n) is 12.8. The standard InChI is InChI=1S/C5H12O2.2C3H4O2.C3H8/c1-5(2,3-6)4-7;2*1-2-3(4)5;1-3-2/h6-7H,3-4H2,1-2H3;2*2H,1H2,(H,4,5);3H2,1-2H3. The molecule has 0 fully saturated rings. The van der Waals surface area contributed by atoms with Crippen molar-refractivity contribution in [2.24, 2.45) is 5.41 Å². The minimum atomic E-state index is -0.981. The summed E-state index contributed by atoms with van der Waals surface area (Å²) in [4.78, 5) is 18.5. The molecule has 0 amide bonds. The van der Waals surface area contributed by atoms with E-state index in [1.54, 1.807) is 13.8 Å². The second-order valence-corrected chi connectivity index (χ2v) is 4.27. The number of hydrogen-bond donors (Lipinski definition) is 4.